The first-order valence-electron chi connectivity index (χ1n) is 7.29. The number of rotatable bonds is 5. The smallest absolute Gasteiger partial charge is 0.239 e. The van der Waals surface area contributed by atoms with Crippen LogP contribution in [0.25, 0.3) is 0 Å². The van der Waals surface area contributed by atoms with Gasteiger partial charge in [-0.1, -0.05) is 11.6 Å². The fourth-order valence-electron chi connectivity index (χ4n) is 2.54. The lowest BCUT2D eigenvalue weighted by Crippen LogP contribution is -2.44. The Morgan fingerprint density at radius 3 is 2.50 bits per heavy atom. The Morgan fingerprint density at radius 2 is 2.00 bits per heavy atom. The molecule has 2 rings (SSSR count). The second-order valence-electron chi connectivity index (χ2n) is 5.87. The number of carbonyl (C=O) groups excluding carboxylic acids is 1. The molecule has 122 valence electrons. The van der Waals surface area contributed by atoms with Gasteiger partial charge in [0.25, 0.3) is 0 Å². The van der Waals surface area contributed by atoms with Gasteiger partial charge >= 0.3 is 0 Å². The second kappa shape index (κ2) is 6.87. The normalized spacial score (nSPS) is 20.1. The van der Waals surface area contributed by atoms with E-state index in [0.29, 0.717) is 11.4 Å². The van der Waals surface area contributed by atoms with E-state index in [1.165, 1.54) is 0 Å². The molecule has 5 nitrogen and oxygen atoms in total. The molecule has 0 bridgehead atoms. The third-order valence-corrected chi connectivity index (χ3v) is 5.71. The van der Waals surface area contributed by atoms with Gasteiger partial charge in [0.05, 0.1) is 18.1 Å². The van der Waals surface area contributed by atoms with Gasteiger partial charge < -0.3 is 10.2 Å². The monoisotopic (exact) mass is 344 g/mol. The lowest BCUT2D eigenvalue weighted by Gasteiger charge is -2.29. The SMILES string of the molecule is CC(C)N(CC(=O)NC1CCS(=O)(=O)C1)c1ccc(Cl)cc1. The minimum Gasteiger partial charge on any atom is -0.360 e. The third-order valence-electron chi connectivity index (χ3n) is 3.69. The molecule has 1 aliphatic heterocycles. The third kappa shape index (κ3) is 4.61. The second-order valence-corrected chi connectivity index (χ2v) is 8.53. The molecule has 1 unspecified atom stereocenters. The van der Waals surface area contributed by atoms with Crippen LogP contribution in [0, 0.1) is 0 Å². The fourth-order valence-corrected chi connectivity index (χ4v) is 4.34. The molecule has 1 aromatic carbocycles. The van der Waals surface area contributed by atoms with Crippen LogP contribution in [0.15, 0.2) is 24.3 Å². The van der Waals surface area contributed by atoms with Crippen molar-refractivity contribution < 1.29 is 13.2 Å². The summed E-state index contributed by atoms with van der Waals surface area (Å²) in [4.78, 5) is 14.1. The molecule has 1 amide bonds. The van der Waals surface area contributed by atoms with Crippen LogP contribution < -0.4 is 10.2 Å². The lowest BCUT2D eigenvalue weighted by molar-refractivity contribution is -0.120. The lowest BCUT2D eigenvalue weighted by atomic mass is 10.2. The van der Waals surface area contributed by atoms with Crippen LogP contribution in [0.2, 0.25) is 5.02 Å². The zero-order chi connectivity index (χ0) is 16.3. The Morgan fingerprint density at radius 1 is 1.36 bits per heavy atom. The molecule has 1 saturated heterocycles. The van der Waals surface area contributed by atoms with Gasteiger partial charge in [-0.25, -0.2) is 8.42 Å². The Kier molecular flexibility index (Phi) is 5.34. The van der Waals surface area contributed by atoms with Crippen molar-refractivity contribution in [2.45, 2.75) is 32.4 Å². The van der Waals surface area contributed by atoms with Crippen LogP contribution in [-0.4, -0.2) is 44.5 Å². The van der Waals surface area contributed by atoms with E-state index in [1.807, 2.05) is 30.9 Å². The quantitative estimate of drug-likeness (QED) is 0.885. The zero-order valence-corrected chi connectivity index (χ0v) is 14.3. The molecule has 1 aromatic rings. The van der Waals surface area contributed by atoms with Crippen molar-refractivity contribution in [2.75, 3.05) is 23.0 Å². The summed E-state index contributed by atoms with van der Waals surface area (Å²) in [5.74, 6) is 0.0375. The van der Waals surface area contributed by atoms with Crippen molar-refractivity contribution in [1.82, 2.24) is 5.32 Å². The maximum Gasteiger partial charge on any atom is 0.239 e. The van der Waals surface area contributed by atoms with Crippen LogP contribution in [0.3, 0.4) is 0 Å². The molecule has 0 spiro atoms. The Bertz CT molecular complexity index is 629. The van der Waals surface area contributed by atoms with Gasteiger partial charge in [0, 0.05) is 22.8 Å². The number of amides is 1. The summed E-state index contributed by atoms with van der Waals surface area (Å²) in [6, 6.07) is 7.18. The number of nitrogens with one attached hydrogen (secondary N) is 1. The largest absolute Gasteiger partial charge is 0.360 e. The van der Waals surface area contributed by atoms with Crippen LogP contribution in [0.5, 0.6) is 0 Å². The summed E-state index contributed by atoms with van der Waals surface area (Å²) in [5, 5.41) is 3.46. The standard InChI is InChI=1S/C15H21ClN2O3S/c1-11(2)18(14-5-3-12(16)4-6-14)9-15(19)17-13-7-8-22(20,21)10-13/h3-6,11,13H,7-10H2,1-2H3,(H,17,19). The molecule has 1 atom stereocenters. The molecule has 0 aromatic heterocycles. The van der Waals surface area contributed by atoms with Gasteiger partial charge in [-0.2, -0.15) is 0 Å². The Hall–Kier alpha value is -1.27. The summed E-state index contributed by atoms with van der Waals surface area (Å²) in [7, 11) is -2.99. The highest BCUT2D eigenvalue weighted by molar-refractivity contribution is 7.91. The number of anilines is 1. The van der Waals surface area contributed by atoms with E-state index in [1.54, 1.807) is 12.1 Å². The number of benzene rings is 1. The number of hydrogen-bond donors (Lipinski definition) is 1. The zero-order valence-electron chi connectivity index (χ0n) is 12.8. The van der Waals surface area contributed by atoms with Gasteiger partial charge in [-0.3, -0.25) is 4.79 Å². The molecule has 0 radical (unpaired) electrons. The van der Waals surface area contributed by atoms with Crippen molar-refractivity contribution in [3.8, 4) is 0 Å². The van der Waals surface area contributed by atoms with Crippen molar-refractivity contribution in [1.29, 1.82) is 0 Å². The maximum atomic E-state index is 12.2. The highest BCUT2D eigenvalue weighted by Crippen LogP contribution is 2.20. The van der Waals surface area contributed by atoms with Gasteiger partial charge in [-0.15, -0.1) is 0 Å². The van der Waals surface area contributed by atoms with E-state index in [9.17, 15) is 13.2 Å². The number of hydrogen-bond acceptors (Lipinski definition) is 4. The minimum absolute atomic E-state index is 0.0430. The molecule has 1 N–H and O–H groups in total. The Labute approximate surface area is 136 Å². The summed E-state index contributed by atoms with van der Waals surface area (Å²) in [6.45, 7) is 4.19. The topological polar surface area (TPSA) is 66.5 Å². The number of sulfone groups is 1. The minimum atomic E-state index is -2.99. The Balaban J connectivity index is 1.99. The van der Waals surface area contributed by atoms with Crippen molar-refractivity contribution in [3.63, 3.8) is 0 Å². The number of nitrogens with zero attached hydrogens (tertiary/aromatic N) is 1. The molecule has 1 aliphatic rings. The van der Waals surface area contributed by atoms with Crippen LogP contribution in [0.1, 0.15) is 20.3 Å². The van der Waals surface area contributed by atoms with Crippen molar-refractivity contribution >= 4 is 33.0 Å². The van der Waals surface area contributed by atoms with E-state index in [4.69, 9.17) is 11.6 Å². The molecule has 7 heteroatoms. The molecule has 0 aliphatic carbocycles. The molecule has 1 fully saturated rings. The van der Waals surface area contributed by atoms with Crippen LogP contribution in [-0.2, 0) is 14.6 Å². The van der Waals surface area contributed by atoms with E-state index in [-0.39, 0.29) is 36.0 Å². The highest BCUT2D eigenvalue weighted by atomic mass is 35.5. The summed E-state index contributed by atoms with van der Waals surface area (Å²) in [5.41, 5.74) is 0.911. The van der Waals surface area contributed by atoms with Crippen LogP contribution >= 0.6 is 11.6 Å². The predicted molar refractivity (Wildman–Crippen MR) is 89.1 cm³/mol. The molecule has 22 heavy (non-hydrogen) atoms. The van der Waals surface area contributed by atoms with Gasteiger partial charge in [0.15, 0.2) is 9.84 Å². The molecule has 1 heterocycles. The van der Waals surface area contributed by atoms with Crippen molar-refractivity contribution in [2.24, 2.45) is 0 Å². The van der Waals surface area contributed by atoms with Gasteiger partial charge in [0.2, 0.25) is 5.91 Å². The van der Waals surface area contributed by atoms with E-state index in [0.717, 1.165) is 5.69 Å². The van der Waals surface area contributed by atoms with Gasteiger partial charge in [-0.05, 0) is 44.5 Å². The average Bonchev–Trinajstić information content (AvgIpc) is 2.76. The van der Waals surface area contributed by atoms with E-state index >= 15 is 0 Å². The van der Waals surface area contributed by atoms with E-state index < -0.39 is 9.84 Å². The molecule has 0 saturated carbocycles. The first-order chi connectivity index (χ1) is 10.3. The number of halogens is 1. The van der Waals surface area contributed by atoms with Gasteiger partial charge in [0.1, 0.15) is 0 Å². The summed E-state index contributed by atoms with van der Waals surface area (Å²) < 4.78 is 22.9. The van der Waals surface area contributed by atoms with E-state index in [2.05, 4.69) is 5.32 Å². The van der Waals surface area contributed by atoms with Crippen molar-refractivity contribution in [3.05, 3.63) is 29.3 Å². The number of carbonyl (C=O) groups is 1. The first-order valence-corrected chi connectivity index (χ1v) is 9.49. The highest BCUT2D eigenvalue weighted by Gasteiger charge is 2.29. The molecular formula is C15H21ClN2O3S. The fraction of sp³-hybridized carbons (Fsp3) is 0.533. The average molecular weight is 345 g/mol. The van der Waals surface area contributed by atoms with Crippen LogP contribution in [0.4, 0.5) is 5.69 Å². The predicted octanol–water partition coefficient (Wildman–Crippen LogP) is 1.86. The first kappa shape index (κ1) is 17.1. The summed E-state index contributed by atoms with van der Waals surface area (Å²) in [6.07, 6.45) is 0.497. The molecular weight excluding hydrogens is 324 g/mol. The summed E-state index contributed by atoms with van der Waals surface area (Å²) >= 11 is 5.89. The maximum absolute atomic E-state index is 12.2.